The van der Waals surface area contributed by atoms with Crippen LogP contribution in [-0.4, -0.2) is 31.1 Å². The number of aryl methyl sites for hydroxylation is 1. The molecule has 0 saturated carbocycles. The molecule has 17 heavy (non-hydrogen) atoms. The molecule has 3 rings (SSSR count). The summed E-state index contributed by atoms with van der Waals surface area (Å²) in [5, 5.41) is 3.44. The van der Waals surface area contributed by atoms with Gasteiger partial charge in [-0.2, -0.15) is 0 Å². The molecule has 2 aliphatic rings. The number of nitrogens with one attached hydrogen (secondary N) is 1. The number of hydrogen-bond donors (Lipinski definition) is 1. The molecular weight excluding hydrogens is 276 g/mol. The van der Waals surface area contributed by atoms with E-state index < -0.39 is 0 Å². The third-order valence-electron chi connectivity index (χ3n) is 3.98. The maximum absolute atomic E-state index is 3.61. The molecule has 1 unspecified atom stereocenters. The van der Waals surface area contributed by atoms with Crippen molar-refractivity contribution in [1.82, 2.24) is 10.2 Å². The van der Waals surface area contributed by atoms with Gasteiger partial charge in [0, 0.05) is 36.7 Å². The first-order valence-electron chi connectivity index (χ1n) is 6.58. The minimum Gasteiger partial charge on any atom is -0.314 e. The highest BCUT2D eigenvalue weighted by Gasteiger charge is 2.26. The monoisotopic (exact) mass is 294 g/mol. The van der Waals surface area contributed by atoms with Gasteiger partial charge in [-0.15, -0.1) is 0 Å². The molecule has 1 heterocycles. The summed E-state index contributed by atoms with van der Waals surface area (Å²) in [7, 11) is 0. The Morgan fingerprint density at radius 2 is 2.06 bits per heavy atom. The Morgan fingerprint density at radius 1 is 1.24 bits per heavy atom. The highest BCUT2D eigenvalue weighted by Crippen LogP contribution is 2.35. The van der Waals surface area contributed by atoms with Gasteiger partial charge in [0.2, 0.25) is 0 Å². The van der Waals surface area contributed by atoms with Gasteiger partial charge in [0.1, 0.15) is 0 Å². The van der Waals surface area contributed by atoms with Gasteiger partial charge in [0.05, 0.1) is 0 Å². The van der Waals surface area contributed by atoms with Gasteiger partial charge in [-0.05, 0) is 42.5 Å². The topological polar surface area (TPSA) is 15.3 Å². The van der Waals surface area contributed by atoms with Crippen molar-refractivity contribution in [3.05, 3.63) is 33.8 Å². The van der Waals surface area contributed by atoms with E-state index in [9.17, 15) is 0 Å². The Balaban J connectivity index is 1.89. The third-order valence-corrected chi connectivity index (χ3v) is 4.48. The smallest absolute Gasteiger partial charge is 0.0352 e. The zero-order valence-corrected chi connectivity index (χ0v) is 11.7. The molecule has 1 aromatic carbocycles. The van der Waals surface area contributed by atoms with E-state index in [4.69, 9.17) is 0 Å². The van der Waals surface area contributed by atoms with Crippen molar-refractivity contribution in [3.63, 3.8) is 0 Å². The van der Waals surface area contributed by atoms with Crippen LogP contribution in [0.2, 0.25) is 0 Å². The zero-order valence-electron chi connectivity index (χ0n) is 10.1. The zero-order chi connectivity index (χ0) is 11.7. The summed E-state index contributed by atoms with van der Waals surface area (Å²) in [6, 6.07) is 7.46. The highest BCUT2D eigenvalue weighted by atomic mass is 79.9. The normalized spacial score (nSPS) is 25.6. The lowest BCUT2D eigenvalue weighted by Gasteiger charge is -2.38. The van der Waals surface area contributed by atoms with Crippen LogP contribution in [0.1, 0.15) is 30.0 Å². The number of nitrogens with zero attached hydrogens (tertiary/aromatic N) is 1. The lowest BCUT2D eigenvalue weighted by Crippen LogP contribution is -2.45. The first-order valence-corrected chi connectivity index (χ1v) is 7.37. The van der Waals surface area contributed by atoms with Gasteiger partial charge in [-0.1, -0.05) is 22.0 Å². The molecular formula is C14H19BrN2. The first kappa shape index (κ1) is 11.7. The number of hydrogen-bond acceptors (Lipinski definition) is 2. The van der Waals surface area contributed by atoms with Crippen molar-refractivity contribution >= 4 is 15.9 Å². The van der Waals surface area contributed by atoms with E-state index >= 15 is 0 Å². The molecule has 0 aromatic heterocycles. The fourth-order valence-electron chi connectivity index (χ4n) is 3.12. The maximum atomic E-state index is 3.61. The van der Waals surface area contributed by atoms with Crippen LogP contribution >= 0.6 is 15.9 Å². The van der Waals surface area contributed by atoms with Crippen LogP contribution in [0.5, 0.6) is 0 Å². The molecule has 92 valence electrons. The van der Waals surface area contributed by atoms with E-state index in [0.29, 0.717) is 6.04 Å². The summed E-state index contributed by atoms with van der Waals surface area (Å²) in [5.74, 6) is 0. The molecule has 1 aliphatic carbocycles. The summed E-state index contributed by atoms with van der Waals surface area (Å²) in [6.07, 6.45) is 3.91. The number of piperazine rings is 1. The van der Waals surface area contributed by atoms with E-state index in [0.717, 1.165) is 13.1 Å². The Kier molecular flexibility index (Phi) is 3.50. The number of halogens is 1. The van der Waals surface area contributed by atoms with Crippen LogP contribution in [-0.2, 0) is 6.42 Å². The molecule has 0 bridgehead atoms. The summed E-state index contributed by atoms with van der Waals surface area (Å²) in [4.78, 5) is 2.65. The maximum Gasteiger partial charge on any atom is 0.0352 e. The average Bonchev–Trinajstić information content (AvgIpc) is 2.39. The molecule has 1 aromatic rings. The van der Waals surface area contributed by atoms with E-state index in [1.165, 1.54) is 36.8 Å². The van der Waals surface area contributed by atoms with Gasteiger partial charge in [-0.3, -0.25) is 4.90 Å². The molecule has 1 aliphatic heterocycles. The molecule has 0 radical (unpaired) electrons. The Labute approximate surface area is 112 Å². The van der Waals surface area contributed by atoms with Crippen LogP contribution in [0.4, 0.5) is 0 Å². The molecule has 1 fully saturated rings. The van der Waals surface area contributed by atoms with E-state index in [2.05, 4.69) is 44.3 Å². The molecule has 0 amide bonds. The van der Waals surface area contributed by atoms with Gasteiger partial charge >= 0.3 is 0 Å². The largest absolute Gasteiger partial charge is 0.314 e. The lowest BCUT2D eigenvalue weighted by molar-refractivity contribution is 0.158. The number of fused-ring (bicyclic) bond motifs is 1. The van der Waals surface area contributed by atoms with Crippen molar-refractivity contribution in [3.8, 4) is 0 Å². The summed E-state index contributed by atoms with van der Waals surface area (Å²) < 4.78 is 1.22. The molecule has 0 spiro atoms. The van der Waals surface area contributed by atoms with Crippen LogP contribution in [0.15, 0.2) is 22.7 Å². The number of benzene rings is 1. The quantitative estimate of drug-likeness (QED) is 0.857. The van der Waals surface area contributed by atoms with Gasteiger partial charge in [0.15, 0.2) is 0 Å². The first-order chi connectivity index (χ1) is 8.34. The Hall–Kier alpha value is -0.380. The summed E-state index contributed by atoms with van der Waals surface area (Å²) >= 11 is 3.61. The molecule has 1 N–H and O–H groups in total. The van der Waals surface area contributed by atoms with Crippen molar-refractivity contribution in [1.29, 1.82) is 0 Å². The minimum absolute atomic E-state index is 0.651. The average molecular weight is 295 g/mol. The van der Waals surface area contributed by atoms with Crippen molar-refractivity contribution in [2.75, 3.05) is 26.2 Å². The molecule has 1 saturated heterocycles. The molecule has 2 nitrogen and oxygen atoms in total. The van der Waals surface area contributed by atoms with Crippen LogP contribution in [0.25, 0.3) is 0 Å². The molecule has 1 atom stereocenters. The lowest BCUT2D eigenvalue weighted by atomic mass is 9.86. The highest BCUT2D eigenvalue weighted by molar-refractivity contribution is 9.10. The standard InChI is InChI=1S/C14H19BrN2/c15-12-5-4-11-2-1-3-14(13(11)10-12)17-8-6-16-7-9-17/h4-5,10,14,16H,1-3,6-9H2. The number of rotatable bonds is 1. The van der Waals surface area contributed by atoms with Gasteiger partial charge in [-0.25, -0.2) is 0 Å². The van der Waals surface area contributed by atoms with Crippen molar-refractivity contribution < 1.29 is 0 Å². The van der Waals surface area contributed by atoms with Crippen LogP contribution in [0.3, 0.4) is 0 Å². The summed E-state index contributed by atoms with van der Waals surface area (Å²) in [6.45, 7) is 4.66. The Morgan fingerprint density at radius 3 is 2.88 bits per heavy atom. The molecule has 3 heteroatoms. The van der Waals surface area contributed by atoms with E-state index in [1.807, 2.05) is 0 Å². The van der Waals surface area contributed by atoms with Crippen LogP contribution in [0, 0.1) is 0 Å². The fourth-order valence-corrected chi connectivity index (χ4v) is 3.50. The summed E-state index contributed by atoms with van der Waals surface area (Å²) in [5.41, 5.74) is 3.12. The minimum atomic E-state index is 0.651. The van der Waals surface area contributed by atoms with Crippen LogP contribution < -0.4 is 5.32 Å². The van der Waals surface area contributed by atoms with E-state index in [1.54, 1.807) is 11.1 Å². The second-order valence-corrected chi connectivity index (χ2v) is 5.95. The Bertz CT molecular complexity index is 399. The fraction of sp³-hybridized carbons (Fsp3) is 0.571. The predicted molar refractivity (Wildman–Crippen MR) is 74.3 cm³/mol. The van der Waals surface area contributed by atoms with Crippen molar-refractivity contribution in [2.45, 2.75) is 25.3 Å². The second-order valence-electron chi connectivity index (χ2n) is 5.04. The second kappa shape index (κ2) is 5.09. The van der Waals surface area contributed by atoms with Gasteiger partial charge in [0.25, 0.3) is 0 Å². The van der Waals surface area contributed by atoms with Gasteiger partial charge < -0.3 is 5.32 Å². The predicted octanol–water partition coefficient (Wildman–Crippen LogP) is 2.73. The van der Waals surface area contributed by atoms with Crippen molar-refractivity contribution in [2.24, 2.45) is 0 Å². The van der Waals surface area contributed by atoms with E-state index in [-0.39, 0.29) is 0 Å². The SMILES string of the molecule is Brc1ccc2c(c1)C(N1CCNCC1)CCC2. The third kappa shape index (κ3) is 2.42.